The normalized spacial score (nSPS) is 12.5. The molecule has 0 bridgehead atoms. The van der Waals surface area contributed by atoms with Gasteiger partial charge in [-0.2, -0.15) is 0 Å². The number of hydrogen-bond donors (Lipinski definition) is 1. The maximum Gasteiger partial charge on any atom is 0.261 e. The van der Waals surface area contributed by atoms with Crippen LogP contribution in [0.5, 0.6) is 0 Å². The van der Waals surface area contributed by atoms with Crippen LogP contribution in [0.25, 0.3) is 10.9 Å². The monoisotopic (exact) mass is 338 g/mol. The van der Waals surface area contributed by atoms with E-state index in [9.17, 15) is 27.5 Å². The quantitative estimate of drug-likeness (QED) is 0.747. The lowest BCUT2D eigenvalue weighted by atomic mass is 10.1. The SMILES string of the molecule is O=c1c2cc(F)c(F)cc2ncn1CC(O)c1ccc(F)cc1F. The van der Waals surface area contributed by atoms with Gasteiger partial charge in [0, 0.05) is 17.7 Å². The number of nitrogens with zero attached hydrogens (tertiary/aromatic N) is 2. The number of aliphatic hydroxyl groups excluding tert-OH is 1. The fourth-order valence-corrected chi connectivity index (χ4v) is 2.34. The molecule has 0 aliphatic carbocycles. The fraction of sp³-hybridized carbons (Fsp3) is 0.125. The molecule has 2 aromatic carbocycles. The number of aromatic nitrogens is 2. The van der Waals surface area contributed by atoms with Crippen LogP contribution in [0.3, 0.4) is 0 Å². The molecule has 0 saturated heterocycles. The van der Waals surface area contributed by atoms with Gasteiger partial charge in [0.05, 0.1) is 29.9 Å². The zero-order valence-electron chi connectivity index (χ0n) is 12.0. The number of halogens is 4. The van der Waals surface area contributed by atoms with E-state index < -0.39 is 34.9 Å². The number of hydrogen-bond acceptors (Lipinski definition) is 3. The topological polar surface area (TPSA) is 55.1 Å². The van der Waals surface area contributed by atoms with Crippen molar-refractivity contribution in [3.05, 3.63) is 75.8 Å². The molecule has 1 heterocycles. The molecule has 0 aliphatic rings. The van der Waals surface area contributed by atoms with Crippen LogP contribution < -0.4 is 5.56 Å². The van der Waals surface area contributed by atoms with Crippen molar-refractivity contribution < 1.29 is 22.7 Å². The van der Waals surface area contributed by atoms with E-state index >= 15 is 0 Å². The average molecular weight is 338 g/mol. The molecular formula is C16H10F4N2O2. The van der Waals surface area contributed by atoms with Gasteiger partial charge in [-0.1, -0.05) is 6.07 Å². The lowest BCUT2D eigenvalue weighted by Gasteiger charge is -2.14. The molecule has 1 N–H and O–H groups in total. The van der Waals surface area contributed by atoms with Gasteiger partial charge < -0.3 is 5.11 Å². The molecular weight excluding hydrogens is 328 g/mol. The van der Waals surface area contributed by atoms with Gasteiger partial charge in [-0.25, -0.2) is 22.5 Å². The largest absolute Gasteiger partial charge is 0.386 e. The van der Waals surface area contributed by atoms with E-state index in [1.807, 2.05) is 0 Å². The van der Waals surface area contributed by atoms with Gasteiger partial charge in [0.2, 0.25) is 0 Å². The number of aliphatic hydroxyl groups is 1. The van der Waals surface area contributed by atoms with E-state index in [0.717, 1.165) is 29.1 Å². The van der Waals surface area contributed by atoms with Crippen molar-refractivity contribution in [1.29, 1.82) is 0 Å². The molecule has 3 rings (SSSR count). The summed E-state index contributed by atoms with van der Waals surface area (Å²) in [4.78, 5) is 16.1. The maximum absolute atomic E-state index is 13.7. The molecule has 0 fully saturated rings. The molecule has 0 aliphatic heterocycles. The van der Waals surface area contributed by atoms with E-state index in [2.05, 4.69) is 4.98 Å². The molecule has 1 atom stereocenters. The van der Waals surface area contributed by atoms with Gasteiger partial charge in [0.15, 0.2) is 11.6 Å². The number of rotatable bonds is 3. The van der Waals surface area contributed by atoms with Crippen molar-refractivity contribution in [1.82, 2.24) is 9.55 Å². The van der Waals surface area contributed by atoms with Gasteiger partial charge in [-0.3, -0.25) is 9.36 Å². The zero-order valence-corrected chi connectivity index (χ0v) is 12.0. The van der Waals surface area contributed by atoms with Crippen LogP contribution in [-0.2, 0) is 6.54 Å². The molecule has 1 aromatic heterocycles. The Labute approximate surface area is 132 Å². The highest BCUT2D eigenvalue weighted by molar-refractivity contribution is 5.77. The van der Waals surface area contributed by atoms with Crippen molar-refractivity contribution in [2.75, 3.05) is 0 Å². The van der Waals surface area contributed by atoms with Crippen molar-refractivity contribution >= 4 is 10.9 Å². The highest BCUT2D eigenvalue weighted by atomic mass is 19.2. The summed E-state index contributed by atoms with van der Waals surface area (Å²) in [5.74, 6) is -4.10. The Morgan fingerprint density at radius 3 is 2.46 bits per heavy atom. The Morgan fingerprint density at radius 1 is 1.04 bits per heavy atom. The third kappa shape index (κ3) is 2.88. The van der Waals surface area contributed by atoms with Gasteiger partial charge in [0.1, 0.15) is 11.6 Å². The highest BCUT2D eigenvalue weighted by Gasteiger charge is 2.16. The molecule has 8 heteroatoms. The van der Waals surface area contributed by atoms with Crippen LogP contribution in [0.1, 0.15) is 11.7 Å². The lowest BCUT2D eigenvalue weighted by Crippen LogP contribution is -2.24. The summed E-state index contributed by atoms with van der Waals surface area (Å²) in [6, 6.07) is 4.14. The summed E-state index contributed by atoms with van der Waals surface area (Å²) < 4.78 is 53.9. The molecule has 3 aromatic rings. The smallest absolute Gasteiger partial charge is 0.261 e. The highest BCUT2D eigenvalue weighted by Crippen LogP contribution is 2.20. The molecule has 0 radical (unpaired) electrons. The summed E-state index contributed by atoms with van der Waals surface area (Å²) in [5, 5.41) is 9.88. The van der Waals surface area contributed by atoms with E-state index in [1.165, 1.54) is 0 Å². The zero-order chi connectivity index (χ0) is 17.4. The minimum atomic E-state index is -1.45. The van der Waals surface area contributed by atoms with Crippen LogP contribution in [0.15, 0.2) is 41.5 Å². The van der Waals surface area contributed by atoms with Crippen LogP contribution in [0, 0.1) is 23.3 Å². The van der Waals surface area contributed by atoms with Crippen molar-refractivity contribution in [2.45, 2.75) is 12.6 Å². The molecule has 4 nitrogen and oxygen atoms in total. The summed E-state index contributed by atoms with van der Waals surface area (Å²) in [5.41, 5.74) is -0.966. The number of benzene rings is 2. The lowest BCUT2D eigenvalue weighted by molar-refractivity contribution is 0.150. The molecule has 24 heavy (non-hydrogen) atoms. The summed E-state index contributed by atoms with van der Waals surface area (Å²) in [6.07, 6.45) is -0.417. The first-order valence-electron chi connectivity index (χ1n) is 6.84. The molecule has 0 spiro atoms. The summed E-state index contributed by atoms with van der Waals surface area (Å²) in [7, 11) is 0. The predicted octanol–water partition coefficient (Wildman–Crippen LogP) is 2.69. The second-order valence-electron chi connectivity index (χ2n) is 5.17. The minimum Gasteiger partial charge on any atom is -0.386 e. The van der Waals surface area contributed by atoms with Crippen LogP contribution in [0.4, 0.5) is 17.6 Å². The Balaban J connectivity index is 1.99. The average Bonchev–Trinajstić information content (AvgIpc) is 2.52. The van der Waals surface area contributed by atoms with Gasteiger partial charge in [-0.15, -0.1) is 0 Å². The molecule has 124 valence electrons. The Morgan fingerprint density at radius 2 is 1.75 bits per heavy atom. The van der Waals surface area contributed by atoms with Crippen LogP contribution in [-0.4, -0.2) is 14.7 Å². The predicted molar refractivity (Wildman–Crippen MR) is 77.2 cm³/mol. The van der Waals surface area contributed by atoms with Gasteiger partial charge >= 0.3 is 0 Å². The maximum atomic E-state index is 13.7. The molecule has 1 unspecified atom stereocenters. The van der Waals surface area contributed by atoms with Gasteiger partial charge in [0.25, 0.3) is 5.56 Å². The second-order valence-corrected chi connectivity index (χ2v) is 5.17. The third-order valence-corrected chi connectivity index (χ3v) is 3.56. The first-order chi connectivity index (χ1) is 11.4. The minimum absolute atomic E-state index is 0.0439. The Hall–Kier alpha value is -2.74. The Bertz CT molecular complexity index is 988. The van der Waals surface area contributed by atoms with Crippen LogP contribution in [0.2, 0.25) is 0 Å². The van der Waals surface area contributed by atoms with Crippen molar-refractivity contribution in [2.24, 2.45) is 0 Å². The van der Waals surface area contributed by atoms with Crippen molar-refractivity contribution in [3.63, 3.8) is 0 Å². The van der Waals surface area contributed by atoms with Gasteiger partial charge in [-0.05, 0) is 12.1 Å². The fourth-order valence-electron chi connectivity index (χ4n) is 2.34. The van der Waals surface area contributed by atoms with Crippen LogP contribution >= 0.6 is 0 Å². The molecule has 0 saturated carbocycles. The summed E-state index contributed by atoms with van der Waals surface area (Å²) >= 11 is 0. The van der Waals surface area contributed by atoms with Crippen molar-refractivity contribution in [3.8, 4) is 0 Å². The third-order valence-electron chi connectivity index (χ3n) is 3.56. The first-order valence-corrected chi connectivity index (χ1v) is 6.84. The Kier molecular flexibility index (Phi) is 4.06. The van der Waals surface area contributed by atoms with E-state index in [-0.39, 0.29) is 23.0 Å². The molecule has 0 amide bonds. The van der Waals surface area contributed by atoms with E-state index in [4.69, 9.17) is 0 Å². The standard InChI is InChI=1S/C16H10F4N2O2/c17-8-1-2-9(11(18)3-8)15(23)6-22-7-21-14-5-13(20)12(19)4-10(14)16(22)24/h1-5,7,15,23H,6H2. The second kappa shape index (κ2) is 6.04. The summed E-state index contributed by atoms with van der Waals surface area (Å²) in [6.45, 7) is -0.386. The number of fused-ring (bicyclic) bond motifs is 1. The first kappa shape index (κ1) is 16.1. The van der Waals surface area contributed by atoms with E-state index in [1.54, 1.807) is 0 Å². The van der Waals surface area contributed by atoms with E-state index in [0.29, 0.717) is 12.1 Å².